The fourth-order valence-corrected chi connectivity index (χ4v) is 5.56. The van der Waals surface area contributed by atoms with Crippen molar-refractivity contribution < 1.29 is 19.0 Å². The second-order valence-electron chi connectivity index (χ2n) is 10.6. The summed E-state index contributed by atoms with van der Waals surface area (Å²) in [6, 6.07) is 12.9. The number of aryl methyl sites for hydroxylation is 1. The number of methoxy groups -OCH3 is 2. The van der Waals surface area contributed by atoms with Gasteiger partial charge in [0, 0.05) is 12.5 Å². The molecule has 3 atom stereocenters. The Kier molecular flexibility index (Phi) is 6.15. The van der Waals surface area contributed by atoms with E-state index in [1.807, 2.05) is 0 Å². The zero-order chi connectivity index (χ0) is 23.1. The lowest BCUT2D eigenvalue weighted by molar-refractivity contribution is -0.142. The first-order chi connectivity index (χ1) is 15.2. The van der Waals surface area contributed by atoms with Crippen molar-refractivity contribution in [2.75, 3.05) is 14.2 Å². The van der Waals surface area contributed by atoms with E-state index in [2.05, 4.69) is 65.0 Å². The molecule has 0 N–H and O–H groups in total. The Morgan fingerprint density at radius 3 is 2.66 bits per heavy atom. The smallest absolute Gasteiger partial charge is 0.309 e. The second kappa shape index (κ2) is 8.59. The monoisotopic (exact) mass is 434 g/mol. The van der Waals surface area contributed by atoms with Gasteiger partial charge in [-0.2, -0.15) is 0 Å². The summed E-state index contributed by atoms with van der Waals surface area (Å²) >= 11 is 0. The van der Waals surface area contributed by atoms with E-state index >= 15 is 0 Å². The van der Waals surface area contributed by atoms with Crippen molar-refractivity contribution in [3.8, 4) is 5.75 Å². The van der Waals surface area contributed by atoms with Gasteiger partial charge in [-0.3, -0.25) is 4.79 Å². The Balaban J connectivity index is 1.54. The van der Waals surface area contributed by atoms with Gasteiger partial charge in [0.25, 0.3) is 0 Å². The van der Waals surface area contributed by atoms with Crippen molar-refractivity contribution in [1.29, 1.82) is 0 Å². The second-order valence-corrected chi connectivity index (χ2v) is 10.6. The Morgan fingerprint density at radius 2 is 1.97 bits per heavy atom. The minimum absolute atomic E-state index is 0.00620. The maximum absolute atomic E-state index is 12.2. The van der Waals surface area contributed by atoms with Crippen LogP contribution in [0.3, 0.4) is 0 Å². The first kappa shape index (κ1) is 22.9. The molecule has 32 heavy (non-hydrogen) atoms. The van der Waals surface area contributed by atoms with E-state index in [1.54, 1.807) is 7.11 Å². The summed E-state index contributed by atoms with van der Waals surface area (Å²) in [7, 11) is 5.40. The highest BCUT2D eigenvalue weighted by Crippen LogP contribution is 2.61. The summed E-state index contributed by atoms with van der Waals surface area (Å²) in [5.74, 6) is 0.773. The van der Waals surface area contributed by atoms with Crippen LogP contribution in [0.15, 0.2) is 36.4 Å². The minimum Gasteiger partial charge on any atom is -0.489 e. The molecule has 4 nitrogen and oxygen atoms in total. The number of fused-ring (bicyclic) bond motifs is 2. The number of ether oxygens (including phenoxy) is 3. The fraction of sp³-hybridized carbons (Fsp3) is 0.519. The molecule has 1 saturated carbocycles. The van der Waals surface area contributed by atoms with Crippen molar-refractivity contribution in [2.24, 2.45) is 11.3 Å². The maximum Gasteiger partial charge on any atom is 0.309 e. The van der Waals surface area contributed by atoms with E-state index in [9.17, 15) is 4.79 Å². The van der Waals surface area contributed by atoms with Gasteiger partial charge in [0.2, 0.25) is 0 Å². The summed E-state index contributed by atoms with van der Waals surface area (Å²) in [6.07, 6.45) is 4.16. The third-order valence-corrected chi connectivity index (χ3v) is 7.30. The van der Waals surface area contributed by atoms with E-state index in [0.29, 0.717) is 6.61 Å². The van der Waals surface area contributed by atoms with Gasteiger partial charge in [-0.25, -0.2) is 0 Å². The average molecular weight is 434 g/mol. The average Bonchev–Trinajstić information content (AvgIpc) is 3.48. The molecule has 0 unspecified atom stereocenters. The Bertz CT molecular complexity index is 1010. The van der Waals surface area contributed by atoms with Gasteiger partial charge < -0.3 is 14.2 Å². The molecule has 2 aliphatic carbocycles. The SMILES string of the molecule is Bc1ccc(COc2ccc3c(c2)[C@@]2(CCC3)C[C@@H]2C(=O)OC)cc1[C@H](OC)C(C)(C)C. The van der Waals surface area contributed by atoms with E-state index in [4.69, 9.17) is 14.2 Å². The van der Waals surface area contributed by atoms with Crippen LogP contribution in [0.2, 0.25) is 0 Å². The molecule has 0 aliphatic heterocycles. The zero-order valence-electron chi connectivity index (χ0n) is 20.3. The molecular weight excluding hydrogens is 399 g/mol. The highest BCUT2D eigenvalue weighted by Gasteiger charge is 2.61. The zero-order valence-corrected chi connectivity index (χ0v) is 20.3. The molecule has 1 spiro atoms. The Morgan fingerprint density at radius 1 is 1.19 bits per heavy atom. The molecule has 0 radical (unpaired) electrons. The Hall–Kier alpha value is -2.27. The van der Waals surface area contributed by atoms with Crippen LogP contribution in [0.4, 0.5) is 0 Å². The van der Waals surface area contributed by atoms with E-state index < -0.39 is 0 Å². The van der Waals surface area contributed by atoms with Crippen LogP contribution < -0.4 is 10.2 Å². The number of esters is 1. The van der Waals surface area contributed by atoms with Crippen molar-refractivity contribution >= 4 is 19.3 Å². The largest absolute Gasteiger partial charge is 0.489 e. The molecule has 0 bridgehead atoms. The van der Waals surface area contributed by atoms with Crippen LogP contribution in [-0.4, -0.2) is 28.0 Å². The predicted octanol–water partition coefficient (Wildman–Crippen LogP) is 4.02. The van der Waals surface area contributed by atoms with Gasteiger partial charge in [0.15, 0.2) is 0 Å². The van der Waals surface area contributed by atoms with Crippen LogP contribution in [-0.2, 0) is 32.7 Å². The molecule has 0 saturated heterocycles. The molecule has 0 heterocycles. The first-order valence-electron chi connectivity index (χ1n) is 11.7. The van der Waals surface area contributed by atoms with Crippen LogP contribution >= 0.6 is 0 Å². The van der Waals surface area contributed by atoms with Crippen LogP contribution in [0.1, 0.15) is 68.4 Å². The Labute approximate surface area is 193 Å². The molecule has 2 aliphatic rings. The lowest BCUT2D eigenvalue weighted by Crippen LogP contribution is -2.26. The van der Waals surface area contributed by atoms with Gasteiger partial charge in [-0.05, 0) is 65.5 Å². The minimum atomic E-state index is -0.0806. The van der Waals surface area contributed by atoms with Crippen LogP contribution in [0.5, 0.6) is 5.75 Å². The lowest BCUT2D eigenvalue weighted by Gasteiger charge is -2.31. The molecular formula is C27H35BO4. The van der Waals surface area contributed by atoms with Gasteiger partial charge in [0.1, 0.15) is 20.2 Å². The molecule has 4 rings (SSSR count). The van der Waals surface area contributed by atoms with Crippen molar-refractivity contribution in [1.82, 2.24) is 0 Å². The number of hydrogen-bond donors (Lipinski definition) is 0. The highest BCUT2D eigenvalue weighted by molar-refractivity contribution is 6.33. The molecule has 0 aromatic heterocycles. The summed E-state index contributed by atoms with van der Waals surface area (Å²) in [4.78, 5) is 12.2. The molecule has 170 valence electrons. The first-order valence-corrected chi connectivity index (χ1v) is 11.7. The van der Waals surface area contributed by atoms with E-state index in [-0.39, 0.29) is 28.8 Å². The standard InChI is InChI=1S/C27H35BO4/c1-26(2,3)24(30-4)20-13-17(8-11-23(20)28)16-32-19-10-9-18-7-6-12-27(21(18)14-19)15-22(27)25(29)31-5/h8-11,13-14,22,24H,6-7,12,15-16,28H2,1-5H3/t22-,24+,27-/m1/s1. The molecule has 5 heteroatoms. The molecule has 2 aromatic rings. The van der Waals surface area contributed by atoms with E-state index in [0.717, 1.165) is 37.0 Å². The van der Waals surface area contributed by atoms with Crippen molar-refractivity contribution in [3.63, 3.8) is 0 Å². The van der Waals surface area contributed by atoms with E-state index in [1.165, 1.54) is 29.3 Å². The van der Waals surface area contributed by atoms with Gasteiger partial charge in [-0.1, -0.05) is 50.5 Å². The molecule has 1 fully saturated rings. The summed E-state index contributed by atoms with van der Waals surface area (Å²) in [5.41, 5.74) is 6.16. The van der Waals surface area contributed by atoms with Crippen LogP contribution in [0, 0.1) is 11.3 Å². The quantitative estimate of drug-likeness (QED) is 0.509. The summed E-state index contributed by atoms with van der Waals surface area (Å²) in [5, 5.41) is 0. The van der Waals surface area contributed by atoms with Gasteiger partial charge in [-0.15, -0.1) is 0 Å². The third-order valence-electron chi connectivity index (χ3n) is 7.30. The lowest BCUT2D eigenvalue weighted by atomic mass is 9.78. The van der Waals surface area contributed by atoms with Crippen molar-refractivity contribution in [3.05, 3.63) is 58.7 Å². The van der Waals surface area contributed by atoms with Gasteiger partial charge in [0.05, 0.1) is 19.1 Å². The number of carbonyl (C=O) groups excluding carboxylic acids is 1. The number of benzene rings is 2. The molecule has 0 amide bonds. The maximum atomic E-state index is 12.2. The third kappa shape index (κ3) is 4.20. The normalized spacial score (nSPS) is 22.8. The summed E-state index contributed by atoms with van der Waals surface area (Å²) in [6.45, 7) is 7.10. The highest BCUT2D eigenvalue weighted by atomic mass is 16.5. The predicted molar refractivity (Wildman–Crippen MR) is 129 cm³/mol. The number of rotatable bonds is 6. The summed E-state index contributed by atoms with van der Waals surface area (Å²) < 4.78 is 17.1. The number of hydrogen-bond acceptors (Lipinski definition) is 4. The topological polar surface area (TPSA) is 44.8 Å². The fourth-order valence-electron chi connectivity index (χ4n) is 5.56. The van der Waals surface area contributed by atoms with Crippen molar-refractivity contribution in [2.45, 2.75) is 64.6 Å². The van der Waals surface area contributed by atoms with Gasteiger partial charge >= 0.3 is 5.97 Å². The molecule has 2 aromatic carbocycles. The van der Waals surface area contributed by atoms with Crippen LogP contribution in [0.25, 0.3) is 0 Å². The number of carbonyl (C=O) groups is 1.